The van der Waals surface area contributed by atoms with E-state index in [1.54, 1.807) is 30.3 Å². The molecule has 21 heavy (non-hydrogen) atoms. The van der Waals surface area contributed by atoms with Crippen molar-refractivity contribution in [3.05, 3.63) is 40.4 Å². The van der Waals surface area contributed by atoms with Gasteiger partial charge in [-0.3, -0.25) is 4.79 Å². The van der Waals surface area contributed by atoms with E-state index < -0.39 is 11.9 Å². The molecule has 0 aliphatic rings. The van der Waals surface area contributed by atoms with Gasteiger partial charge >= 0.3 is 5.97 Å². The molecular formula is C14H15N3O3S. The molecule has 0 aliphatic carbocycles. The van der Waals surface area contributed by atoms with E-state index in [1.807, 2.05) is 6.92 Å². The standard InChI is InChI=1S/C14H15N3O3S/c1-3-21-13(10(8-15)12(16)18)17-11-7-5-4-6-9(11)14(19)20-2/h4-7,17H,3H2,1-2H3,(H2,16,18). The highest BCUT2D eigenvalue weighted by Crippen LogP contribution is 2.25. The first-order chi connectivity index (χ1) is 10.0. The largest absolute Gasteiger partial charge is 0.465 e. The van der Waals surface area contributed by atoms with Gasteiger partial charge in [-0.15, -0.1) is 11.8 Å². The van der Waals surface area contributed by atoms with E-state index in [9.17, 15) is 9.59 Å². The number of carbonyl (C=O) groups excluding carboxylic acids is 2. The first-order valence-corrected chi connectivity index (χ1v) is 7.05. The highest BCUT2D eigenvalue weighted by Gasteiger charge is 2.16. The maximum atomic E-state index is 11.7. The van der Waals surface area contributed by atoms with Crippen LogP contribution in [-0.4, -0.2) is 24.7 Å². The number of primary amides is 1. The van der Waals surface area contributed by atoms with Crippen molar-refractivity contribution in [2.24, 2.45) is 5.73 Å². The number of nitriles is 1. The Balaban J connectivity index is 3.26. The molecule has 110 valence electrons. The molecule has 7 heteroatoms. The lowest BCUT2D eigenvalue weighted by Crippen LogP contribution is -2.17. The van der Waals surface area contributed by atoms with Crippen LogP contribution in [0.3, 0.4) is 0 Å². The van der Waals surface area contributed by atoms with E-state index in [0.29, 0.717) is 22.0 Å². The minimum absolute atomic E-state index is 0.179. The molecule has 1 rings (SSSR count). The third kappa shape index (κ3) is 4.26. The fourth-order valence-electron chi connectivity index (χ4n) is 1.54. The maximum absolute atomic E-state index is 11.7. The van der Waals surface area contributed by atoms with Crippen molar-refractivity contribution in [2.45, 2.75) is 6.92 Å². The van der Waals surface area contributed by atoms with Crippen molar-refractivity contribution in [3.8, 4) is 6.07 Å². The number of ether oxygens (including phenoxy) is 1. The van der Waals surface area contributed by atoms with E-state index in [2.05, 4.69) is 5.32 Å². The van der Waals surface area contributed by atoms with E-state index in [0.717, 1.165) is 0 Å². The lowest BCUT2D eigenvalue weighted by Gasteiger charge is -2.13. The first-order valence-electron chi connectivity index (χ1n) is 6.06. The monoisotopic (exact) mass is 305 g/mol. The van der Waals surface area contributed by atoms with E-state index in [1.165, 1.54) is 18.9 Å². The summed E-state index contributed by atoms with van der Waals surface area (Å²) in [6.07, 6.45) is 0. The highest BCUT2D eigenvalue weighted by molar-refractivity contribution is 8.03. The Morgan fingerprint density at radius 3 is 2.62 bits per heavy atom. The van der Waals surface area contributed by atoms with Crippen LogP contribution in [0.1, 0.15) is 17.3 Å². The predicted octanol–water partition coefficient (Wildman–Crippen LogP) is 1.86. The average molecular weight is 305 g/mol. The molecule has 0 spiro atoms. The molecule has 0 atom stereocenters. The van der Waals surface area contributed by atoms with Crippen molar-refractivity contribution in [1.29, 1.82) is 5.26 Å². The fourth-order valence-corrected chi connectivity index (χ4v) is 2.30. The van der Waals surface area contributed by atoms with Gasteiger partial charge in [0.05, 0.1) is 23.4 Å². The zero-order valence-corrected chi connectivity index (χ0v) is 12.5. The molecule has 6 nitrogen and oxygen atoms in total. The van der Waals surface area contributed by atoms with Crippen LogP contribution in [-0.2, 0) is 9.53 Å². The number of para-hydroxylation sites is 1. The summed E-state index contributed by atoms with van der Waals surface area (Å²) in [6.45, 7) is 1.87. The number of anilines is 1. The van der Waals surface area contributed by atoms with Crippen LogP contribution in [0, 0.1) is 11.3 Å². The number of amides is 1. The number of carbonyl (C=O) groups is 2. The van der Waals surface area contributed by atoms with Crippen molar-refractivity contribution in [1.82, 2.24) is 0 Å². The Hall–Kier alpha value is -2.46. The molecule has 0 aliphatic heterocycles. The Labute approximate surface area is 127 Å². The van der Waals surface area contributed by atoms with Crippen LogP contribution >= 0.6 is 11.8 Å². The summed E-state index contributed by atoms with van der Waals surface area (Å²) in [5.74, 6) is -0.714. The summed E-state index contributed by atoms with van der Waals surface area (Å²) in [6, 6.07) is 8.42. The summed E-state index contributed by atoms with van der Waals surface area (Å²) in [4.78, 5) is 23.0. The van der Waals surface area contributed by atoms with E-state index >= 15 is 0 Å². The van der Waals surface area contributed by atoms with Gasteiger partial charge in [-0.1, -0.05) is 19.1 Å². The molecule has 1 amide bonds. The summed E-state index contributed by atoms with van der Waals surface area (Å²) in [7, 11) is 1.28. The summed E-state index contributed by atoms with van der Waals surface area (Å²) < 4.78 is 4.69. The Kier molecular flexibility index (Phi) is 6.30. The third-order valence-corrected chi connectivity index (χ3v) is 3.34. The van der Waals surface area contributed by atoms with Crippen molar-refractivity contribution >= 4 is 29.3 Å². The minimum atomic E-state index is -0.823. The second-order valence-electron chi connectivity index (χ2n) is 3.78. The molecule has 0 saturated carbocycles. The predicted molar refractivity (Wildman–Crippen MR) is 81.4 cm³/mol. The molecule has 0 saturated heterocycles. The van der Waals surface area contributed by atoms with Crippen molar-refractivity contribution in [3.63, 3.8) is 0 Å². The van der Waals surface area contributed by atoms with Crippen LogP contribution in [0.4, 0.5) is 5.69 Å². The second-order valence-corrected chi connectivity index (χ2v) is 5.05. The SMILES string of the molecule is CCSC(Nc1ccccc1C(=O)OC)=C(C#N)C(N)=O. The number of benzene rings is 1. The molecule has 0 aromatic heterocycles. The number of hydrogen-bond acceptors (Lipinski definition) is 6. The highest BCUT2D eigenvalue weighted by atomic mass is 32.2. The number of methoxy groups -OCH3 is 1. The topological polar surface area (TPSA) is 105 Å². The van der Waals surface area contributed by atoms with Gasteiger partial charge in [0, 0.05) is 0 Å². The van der Waals surface area contributed by atoms with Gasteiger partial charge in [0.2, 0.25) is 0 Å². The number of nitrogens with two attached hydrogens (primary N) is 1. The molecule has 0 heterocycles. The van der Waals surface area contributed by atoms with Crippen molar-refractivity contribution < 1.29 is 14.3 Å². The molecule has 0 fully saturated rings. The summed E-state index contributed by atoms with van der Waals surface area (Å²) in [5, 5.41) is 12.3. The van der Waals surface area contributed by atoms with Crippen LogP contribution in [0.5, 0.6) is 0 Å². The number of thioether (sulfide) groups is 1. The number of esters is 1. The zero-order valence-electron chi connectivity index (χ0n) is 11.7. The van der Waals surface area contributed by atoms with Crippen molar-refractivity contribution in [2.75, 3.05) is 18.2 Å². The van der Waals surface area contributed by atoms with Gasteiger partial charge in [-0.05, 0) is 17.9 Å². The quantitative estimate of drug-likeness (QED) is 0.472. The van der Waals surface area contributed by atoms with Crippen LogP contribution in [0.15, 0.2) is 34.9 Å². The molecule has 3 N–H and O–H groups in total. The van der Waals surface area contributed by atoms with Crippen LogP contribution in [0.2, 0.25) is 0 Å². The van der Waals surface area contributed by atoms with Gasteiger partial charge < -0.3 is 15.8 Å². The molecule has 1 aromatic carbocycles. The zero-order chi connectivity index (χ0) is 15.8. The van der Waals surface area contributed by atoms with Gasteiger partial charge in [-0.25, -0.2) is 4.79 Å². The van der Waals surface area contributed by atoms with Crippen LogP contribution < -0.4 is 11.1 Å². The number of nitrogens with zero attached hydrogens (tertiary/aromatic N) is 1. The fraction of sp³-hybridized carbons (Fsp3) is 0.214. The van der Waals surface area contributed by atoms with E-state index in [4.69, 9.17) is 15.7 Å². The maximum Gasteiger partial charge on any atom is 0.339 e. The normalized spacial score (nSPS) is 11.1. The lowest BCUT2D eigenvalue weighted by atomic mass is 10.2. The average Bonchev–Trinajstić information content (AvgIpc) is 2.47. The Bertz CT molecular complexity index is 620. The number of hydrogen-bond donors (Lipinski definition) is 2. The minimum Gasteiger partial charge on any atom is -0.465 e. The first kappa shape index (κ1) is 16.6. The van der Waals surface area contributed by atoms with E-state index in [-0.39, 0.29) is 5.57 Å². The summed E-state index contributed by atoms with van der Waals surface area (Å²) in [5.41, 5.74) is 5.75. The van der Waals surface area contributed by atoms with Gasteiger partial charge in [-0.2, -0.15) is 5.26 Å². The smallest absolute Gasteiger partial charge is 0.339 e. The molecular weight excluding hydrogens is 290 g/mol. The number of nitrogens with one attached hydrogen (secondary N) is 1. The van der Waals surface area contributed by atoms with Crippen LogP contribution in [0.25, 0.3) is 0 Å². The third-order valence-electron chi connectivity index (χ3n) is 2.45. The van der Waals surface area contributed by atoms with Gasteiger partial charge in [0.1, 0.15) is 11.6 Å². The second kappa shape index (κ2) is 7.97. The lowest BCUT2D eigenvalue weighted by molar-refractivity contribution is -0.114. The molecule has 0 unspecified atom stereocenters. The molecule has 0 bridgehead atoms. The molecule has 1 aromatic rings. The van der Waals surface area contributed by atoms with Gasteiger partial charge in [0.25, 0.3) is 5.91 Å². The Morgan fingerprint density at radius 2 is 2.10 bits per heavy atom. The summed E-state index contributed by atoms with van der Waals surface area (Å²) >= 11 is 1.25. The van der Waals surface area contributed by atoms with Gasteiger partial charge in [0.15, 0.2) is 0 Å². The Morgan fingerprint density at radius 1 is 1.43 bits per heavy atom. The molecule has 0 radical (unpaired) electrons. The number of rotatable bonds is 6.